The smallest absolute Gasteiger partial charge is 0.0797 e. The molecule has 0 heterocycles. The number of para-hydroxylation sites is 1. The molecular formula is C18H27NS. The lowest BCUT2D eigenvalue weighted by Crippen LogP contribution is -2.09. The van der Waals surface area contributed by atoms with Gasteiger partial charge in [0, 0.05) is 5.69 Å². The molecule has 0 amide bonds. The fraction of sp³-hybridized carbons (Fsp3) is 0.500. The molecule has 0 unspecified atom stereocenters. The second-order valence-electron chi connectivity index (χ2n) is 5.14. The Bertz CT molecular complexity index is 423. The Morgan fingerprint density at radius 3 is 2.60 bits per heavy atom. The van der Waals surface area contributed by atoms with Gasteiger partial charge in [0.15, 0.2) is 0 Å². The first kappa shape index (κ1) is 16.9. The molecule has 1 aromatic carbocycles. The van der Waals surface area contributed by atoms with Crippen molar-refractivity contribution in [1.29, 1.82) is 0 Å². The van der Waals surface area contributed by atoms with Crippen molar-refractivity contribution >= 4 is 29.0 Å². The van der Waals surface area contributed by atoms with Crippen LogP contribution in [0.2, 0.25) is 0 Å². The van der Waals surface area contributed by atoms with Crippen molar-refractivity contribution in [2.75, 3.05) is 5.32 Å². The molecular weight excluding hydrogens is 262 g/mol. The lowest BCUT2D eigenvalue weighted by molar-refractivity contribution is 0.744. The Labute approximate surface area is 129 Å². The van der Waals surface area contributed by atoms with Crippen LogP contribution in [0.1, 0.15) is 64.4 Å². The molecule has 0 radical (unpaired) electrons. The summed E-state index contributed by atoms with van der Waals surface area (Å²) in [7, 11) is 0. The monoisotopic (exact) mass is 289 g/mol. The molecule has 0 aromatic heterocycles. The van der Waals surface area contributed by atoms with Crippen molar-refractivity contribution in [2.45, 2.75) is 58.8 Å². The minimum Gasteiger partial charge on any atom is -0.350 e. The van der Waals surface area contributed by atoms with E-state index in [2.05, 4.69) is 55.6 Å². The van der Waals surface area contributed by atoms with Crippen LogP contribution in [0, 0.1) is 0 Å². The van der Waals surface area contributed by atoms with Gasteiger partial charge in [0.1, 0.15) is 0 Å². The lowest BCUT2D eigenvalue weighted by atomic mass is 10.1. The van der Waals surface area contributed by atoms with Gasteiger partial charge in [-0.25, -0.2) is 0 Å². The number of rotatable bonds is 9. The van der Waals surface area contributed by atoms with E-state index in [1.165, 1.54) is 37.7 Å². The maximum absolute atomic E-state index is 5.43. The van der Waals surface area contributed by atoms with Gasteiger partial charge in [0.05, 0.1) is 4.99 Å². The summed E-state index contributed by atoms with van der Waals surface area (Å²) in [4.78, 5) is 0.952. The van der Waals surface area contributed by atoms with E-state index in [9.17, 15) is 0 Å². The summed E-state index contributed by atoms with van der Waals surface area (Å²) in [6.07, 6.45) is 12.7. The fourth-order valence-corrected chi connectivity index (χ4v) is 2.29. The highest BCUT2D eigenvalue weighted by Gasteiger charge is 2.01. The molecule has 0 atom stereocenters. The third-order valence-corrected chi connectivity index (χ3v) is 3.57. The van der Waals surface area contributed by atoms with Crippen LogP contribution in [0.3, 0.4) is 0 Å². The number of allylic oxidation sites excluding steroid dienone is 1. The standard InChI is InChI=1S/C18H27NS/c1-3-5-7-9-12-16-13-10-11-14-17(16)19-18(20)15-8-6-4-2/h9-14H,3-8,15H2,1-2H3,(H,19,20)/b12-9-. The predicted molar refractivity (Wildman–Crippen MR) is 95.4 cm³/mol. The summed E-state index contributed by atoms with van der Waals surface area (Å²) < 4.78 is 0. The molecule has 1 N–H and O–H groups in total. The summed E-state index contributed by atoms with van der Waals surface area (Å²) in [5, 5.41) is 3.39. The summed E-state index contributed by atoms with van der Waals surface area (Å²) in [5.41, 5.74) is 2.35. The molecule has 1 aromatic rings. The maximum Gasteiger partial charge on any atom is 0.0797 e. The predicted octanol–water partition coefficient (Wildman–Crippen LogP) is 6.21. The van der Waals surface area contributed by atoms with Gasteiger partial charge in [-0.1, -0.05) is 82.1 Å². The number of hydrogen-bond donors (Lipinski definition) is 1. The average molecular weight is 289 g/mol. The SMILES string of the molecule is CCCC/C=C\c1ccccc1NC(=S)CCCCC. The molecule has 20 heavy (non-hydrogen) atoms. The number of nitrogens with one attached hydrogen (secondary N) is 1. The van der Waals surface area contributed by atoms with Crippen molar-refractivity contribution in [1.82, 2.24) is 0 Å². The number of thiocarbonyl (C=S) groups is 1. The number of anilines is 1. The van der Waals surface area contributed by atoms with E-state index < -0.39 is 0 Å². The van der Waals surface area contributed by atoms with Crippen LogP contribution in [-0.4, -0.2) is 4.99 Å². The Kier molecular flexibility index (Phi) is 8.97. The molecule has 0 fully saturated rings. The third-order valence-electron chi connectivity index (χ3n) is 3.26. The Hall–Kier alpha value is -1.15. The first-order chi connectivity index (χ1) is 9.77. The normalized spacial score (nSPS) is 10.9. The highest BCUT2D eigenvalue weighted by Crippen LogP contribution is 2.18. The van der Waals surface area contributed by atoms with Crippen LogP contribution in [0.5, 0.6) is 0 Å². The molecule has 0 aliphatic heterocycles. The average Bonchev–Trinajstić information content (AvgIpc) is 2.45. The first-order valence-electron chi connectivity index (χ1n) is 7.83. The Morgan fingerprint density at radius 1 is 1.10 bits per heavy atom. The largest absolute Gasteiger partial charge is 0.350 e. The molecule has 1 rings (SSSR count). The van der Waals surface area contributed by atoms with Gasteiger partial charge in [-0.15, -0.1) is 0 Å². The highest BCUT2D eigenvalue weighted by molar-refractivity contribution is 7.80. The molecule has 0 saturated heterocycles. The Balaban J connectivity index is 2.56. The van der Waals surface area contributed by atoms with E-state index in [0.717, 1.165) is 23.5 Å². The van der Waals surface area contributed by atoms with Gasteiger partial charge in [-0.2, -0.15) is 0 Å². The molecule has 0 saturated carbocycles. The molecule has 0 bridgehead atoms. The minimum absolute atomic E-state index is 0.952. The van der Waals surface area contributed by atoms with Crippen LogP contribution >= 0.6 is 12.2 Å². The zero-order chi connectivity index (χ0) is 14.6. The van der Waals surface area contributed by atoms with E-state index in [-0.39, 0.29) is 0 Å². The molecule has 0 aliphatic carbocycles. The zero-order valence-electron chi connectivity index (χ0n) is 12.8. The number of benzene rings is 1. The van der Waals surface area contributed by atoms with Crippen molar-refractivity contribution in [3.05, 3.63) is 35.9 Å². The van der Waals surface area contributed by atoms with Gasteiger partial charge in [-0.3, -0.25) is 0 Å². The van der Waals surface area contributed by atoms with E-state index in [0.29, 0.717) is 0 Å². The van der Waals surface area contributed by atoms with E-state index >= 15 is 0 Å². The maximum atomic E-state index is 5.43. The topological polar surface area (TPSA) is 12.0 Å². The number of hydrogen-bond acceptors (Lipinski definition) is 1. The summed E-state index contributed by atoms with van der Waals surface area (Å²) in [6.45, 7) is 4.44. The van der Waals surface area contributed by atoms with Gasteiger partial charge in [0.2, 0.25) is 0 Å². The van der Waals surface area contributed by atoms with Gasteiger partial charge in [-0.05, 0) is 30.9 Å². The van der Waals surface area contributed by atoms with E-state index in [1.807, 2.05) is 0 Å². The van der Waals surface area contributed by atoms with E-state index in [1.54, 1.807) is 0 Å². The second-order valence-corrected chi connectivity index (χ2v) is 5.63. The third kappa shape index (κ3) is 6.85. The lowest BCUT2D eigenvalue weighted by Gasteiger charge is -2.10. The molecule has 110 valence electrons. The summed E-state index contributed by atoms with van der Waals surface area (Å²) in [5.74, 6) is 0. The molecule has 1 nitrogen and oxygen atoms in total. The highest BCUT2D eigenvalue weighted by atomic mass is 32.1. The van der Waals surface area contributed by atoms with E-state index in [4.69, 9.17) is 12.2 Å². The zero-order valence-corrected chi connectivity index (χ0v) is 13.6. The van der Waals surface area contributed by atoms with Crippen molar-refractivity contribution in [2.24, 2.45) is 0 Å². The first-order valence-corrected chi connectivity index (χ1v) is 8.24. The van der Waals surface area contributed by atoms with Gasteiger partial charge >= 0.3 is 0 Å². The van der Waals surface area contributed by atoms with Gasteiger partial charge in [0.25, 0.3) is 0 Å². The summed E-state index contributed by atoms with van der Waals surface area (Å²) >= 11 is 5.43. The van der Waals surface area contributed by atoms with Crippen LogP contribution in [-0.2, 0) is 0 Å². The van der Waals surface area contributed by atoms with Crippen molar-refractivity contribution in [3.8, 4) is 0 Å². The molecule has 0 spiro atoms. The van der Waals surface area contributed by atoms with Crippen LogP contribution < -0.4 is 5.32 Å². The van der Waals surface area contributed by atoms with Gasteiger partial charge < -0.3 is 5.32 Å². The van der Waals surface area contributed by atoms with Crippen molar-refractivity contribution < 1.29 is 0 Å². The molecule has 2 heteroatoms. The van der Waals surface area contributed by atoms with Crippen LogP contribution in [0.15, 0.2) is 30.3 Å². The van der Waals surface area contributed by atoms with Crippen LogP contribution in [0.25, 0.3) is 6.08 Å². The quantitative estimate of drug-likeness (QED) is 0.428. The Morgan fingerprint density at radius 2 is 1.85 bits per heavy atom. The van der Waals surface area contributed by atoms with Crippen molar-refractivity contribution in [3.63, 3.8) is 0 Å². The second kappa shape index (κ2) is 10.6. The number of unbranched alkanes of at least 4 members (excludes halogenated alkanes) is 4. The minimum atomic E-state index is 0.952. The summed E-state index contributed by atoms with van der Waals surface area (Å²) in [6, 6.07) is 8.37. The van der Waals surface area contributed by atoms with Crippen LogP contribution in [0.4, 0.5) is 5.69 Å². The molecule has 0 aliphatic rings. The fourth-order valence-electron chi connectivity index (χ4n) is 2.04.